The summed E-state index contributed by atoms with van der Waals surface area (Å²) in [6.45, 7) is 28.2. The van der Waals surface area contributed by atoms with Crippen LogP contribution in [0.1, 0.15) is 180 Å². The molecule has 0 saturated heterocycles. The maximum Gasteiger partial charge on any atom is 0.311 e. The third kappa shape index (κ3) is 20.4. The van der Waals surface area contributed by atoms with Crippen LogP contribution >= 0.6 is 0 Å². The number of aliphatic carboxylic acids is 1. The van der Waals surface area contributed by atoms with Crippen LogP contribution in [0.5, 0.6) is 5.75 Å². The normalized spacial score (nSPS) is 12.6. The molecule has 0 radical (unpaired) electrons. The van der Waals surface area contributed by atoms with Crippen molar-refractivity contribution in [3.05, 3.63) is 114 Å². The average Bonchev–Trinajstić information content (AvgIpc) is 3.31. The van der Waals surface area contributed by atoms with Crippen LogP contribution in [0.3, 0.4) is 0 Å². The van der Waals surface area contributed by atoms with Gasteiger partial charge in [-0.05, 0) is 135 Å². The Hall–Kier alpha value is -5.51. The fourth-order valence-corrected chi connectivity index (χ4v) is 7.19. The highest BCUT2D eigenvalue weighted by Crippen LogP contribution is 2.43. The molecular weight excluding hydrogens is 855 g/mol. The van der Waals surface area contributed by atoms with Crippen molar-refractivity contribution in [2.75, 3.05) is 26.9 Å². The number of hydrogen-bond donors (Lipinski definition) is 1. The Morgan fingerprint density at radius 3 is 1.49 bits per heavy atom. The Balaban J connectivity index is 0.000000446. The second-order valence-corrected chi connectivity index (χ2v) is 20.3. The number of hydrogen-bond acceptors (Lipinski definition) is 8. The van der Waals surface area contributed by atoms with E-state index in [0.29, 0.717) is 29.7 Å². The summed E-state index contributed by atoms with van der Waals surface area (Å²) in [5.74, 6) is 0.00444. The molecule has 68 heavy (non-hydrogen) atoms. The van der Waals surface area contributed by atoms with Crippen LogP contribution in [0.25, 0.3) is 10.8 Å². The molecule has 0 aromatic heterocycles. The van der Waals surface area contributed by atoms with E-state index in [2.05, 4.69) is 62.8 Å². The zero-order chi connectivity index (χ0) is 51.7. The highest BCUT2D eigenvalue weighted by molar-refractivity contribution is 6.25. The van der Waals surface area contributed by atoms with E-state index < -0.39 is 16.8 Å². The summed E-state index contributed by atoms with van der Waals surface area (Å²) in [5.41, 5.74) is 1.96. The summed E-state index contributed by atoms with van der Waals surface area (Å²) in [4.78, 5) is 57.6. The van der Waals surface area contributed by atoms with Gasteiger partial charge in [-0.15, -0.1) is 0 Å². The SMILES string of the molecule is CC(C)(C)C(=O)O.CC(C)(C)C(=O)OCCOc1ccccc1.CCCCCC(CC)(CC)CC(CC)c1ccccc1.CCN1C(=O)c2cccc3cccc(c23)C1=O.COC(=O)C(C)(C)C. The first-order chi connectivity index (χ1) is 31.9. The molecule has 376 valence electrons. The number of carbonyl (C=O) groups is 5. The van der Waals surface area contributed by atoms with E-state index in [-0.39, 0.29) is 35.8 Å². The first kappa shape index (κ1) is 60.5. The van der Waals surface area contributed by atoms with Gasteiger partial charge in [-0.1, -0.05) is 133 Å². The van der Waals surface area contributed by atoms with Gasteiger partial charge in [0.25, 0.3) is 11.8 Å². The number of rotatable bonds is 15. The molecule has 0 bridgehead atoms. The Morgan fingerprint density at radius 2 is 1.10 bits per heavy atom. The molecule has 10 nitrogen and oxygen atoms in total. The molecule has 5 rings (SSSR count). The van der Waals surface area contributed by atoms with Crippen LogP contribution < -0.4 is 4.74 Å². The van der Waals surface area contributed by atoms with Gasteiger partial charge in [-0.25, -0.2) is 0 Å². The van der Waals surface area contributed by atoms with Crippen molar-refractivity contribution in [2.24, 2.45) is 21.7 Å². The third-order valence-corrected chi connectivity index (χ3v) is 11.8. The summed E-state index contributed by atoms with van der Waals surface area (Å²) in [5, 5.41) is 9.98. The molecule has 0 aliphatic carbocycles. The molecule has 0 spiro atoms. The monoisotopic (exact) mass is 940 g/mol. The van der Waals surface area contributed by atoms with Gasteiger partial charge in [0, 0.05) is 23.1 Å². The third-order valence-electron chi connectivity index (χ3n) is 11.8. The number of amides is 2. The number of nitrogens with zero attached hydrogens (tertiary/aromatic N) is 1. The zero-order valence-corrected chi connectivity index (χ0v) is 44.3. The molecule has 1 atom stereocenters. The fourth-order valence-electron chi connectivity index (χ4n) is 7.19. The molecule has 10 heteroatoms. The van der Waals surface area contributed by atoms with E-state index in [1.165, 1.54) is 68.9 Å². The van der Waals surface area contributed by atoms with Gasteiger partial charge < -0.3 is 19.3 Å². The van der Waals surface area contributed by atoms with Gasteiger partial charge in [0.15, 0.2) is 0 Å². The number of benzene rings is 4. The Bertz CT molecular complexity index is 2070. The highest BCUT2D eigenvalue weighted by Gasteiger charge is 2.32. The zero-order valence-electron chi connectivity index (χ0n) is 44.3. The molecule has 0 fully saturated rings. The minimum atomic E-state index is -0.757. The molecular formula is C58H85NO9. The summed E-state index contributed by atoms with van der Waals surface area (Å²) in [6.07, 6.45) is 10.8. The predicted octanol–water partition coefficient (Wildman–Crippen LogP) is 14.4. The minimum absolute atomic E-state index is 0.169. The molecule has 1 aliphatic rings. The quantitative estimate of drug-likeness (QED) is 0.0701. The van der Waals surface area contributed by atoms with Crippen molar-refractivity contribution in [3.63, 3.8) is 0 Å². The molecule has 0 saturated carbocycles. The van der Waals surface area contributed by atoms with Crippen LogP contribution in [0.2, 0.25) is 0 Å². The van der Waals surface area contributed by atoms with Crippen molar-refractivity contribution >= 4 is 40.5 Å². The van der Waals surface area contributed by atoms with Gasteiger partial charge in [0.05, 0.1) is 23.4 Å². The topological polar surface area (TPSA) is 137 Å². The molecule has 1 unspecified atom stereocenters. The van der Waals surface area contributed by atoms with Crippen molar-refractivity contribution in [3.8, 4) is 5.75 Å². The van der Waals surface area contributed by atoms with E-state index in [1.54, 1.807) is 32.9 Å². The lowest BCUT2D eigenvalue weighted by Crippen LogP contribution is -2.39. The minimum Gasteiger partial charge on any atom is -0.490 e. The number of unbranched alkanes of at least 4 members (excludes halogenated alkanes) is 2. The lowest BCUT2D eigenvalue weighted by Gasteiger charge is -2.35. The maximum atomic E-state index is 12.1. The van der Waals surface area contributed by atoms with Gasteiger partial charge >= 0.3 is 17.9 Å². The Morgan fingerprint density at radius 1 is 0.618 bits per heavy atom. The first-order valence-electron chi connectivity index (χ1n) is 24.5. The number of imide groups is 1. The Kier molecular flexibility index (Phi) is 26.2. The average molecular weight is 940 g/mol. The van der Waals surface area contributed by atoms with Crippen LogP contribution in [0, 0.1) is 21.7 Å². The first-order valence-corrected chi connectivity index (χ1v) is 24.5. The number of carboxylic acid groups (broad SMARTS) is 1. The van der Waals surface area contributed by atoms with Crippen molar-refractivity contribution in [1.82, 2.24) is 4.90 Å². The fraction of sp³-hybridized carbons (Fsp3) is 0.534. The van der Waals surface area contributed by atoms with Crippen LogP contribution in [0.4, 0.5) is 0 Å². The number of esters is 2. The second-order valence-electron chi connectivity index (χ2n) is 20.3. The van der Waals surface area contributed by atoms with Gasteiger partial charge in [-0.2, -0.15) is 0 Å². The summed E-state index contributed by atoms with van der Waals surface area (Å²) < 4.78 is 14.9. The van der Waals surface area contributed by atoms with E-state index in [4.69, 9.17) is 14.6 Å². The molecule has 4 aromatic rings. The number of ether oxygens (including phenoxy) is 3. The molecule has 1 N–H and O–H groups in total. The number of para-hydroxylation sites is 1. The summed E-state index contributed by atoms with van der Waals surface area (Å²) in [6, 6.07) is 31.7. The second kappa shape index (κ2) is 29.4. The van der Waals surface area contributed by atoms with E-state index in [0.717, 1.165) is 22.4 Å². The molecule has 4 aromatic carbocycles. The predicted molar refractivity (Wildman–Crippen MR) is 277 cm³/mol. The van der Waals surface area contributed by atoms with Crippen molar-refractivity contribution in [2.45, 2.75) is 154 Å². The smallest absolute Gasteiger partial charge is 0.311 e. The summed E-state index contributed by atoms with van der Waals surface area (Å²) in [7, 11) is 1.40. The maximum absolute atomic E-state index is 12.1. The largest absolute Gasteiger partial charge is 0.490 e. The number of carbonyl (C=O) groups excluding carboxylic acids is 4. The molecule has 1 aliphatic heterocycles. The van der Waals surface area contributed by atoms with Crippen LogP contribution in [-0.2, 0) is 23.9 Å². The lowest BCUT2D eigenvalue weighted by molar-refractivity contribution is -0.153. The van der Waals surface area contributed by atoms with Gasteiger partial charge in [0.1, 0.15) is 19.0 Å². The van der Waals surface area contributed by atoms with Crippen molar-refractivity contribution < 1.29 is 43.3 Å². The summed E-state index contributed by atoms with van der Waals surface area (Å²) >= 11 is 0. The molecule has 2 amide bonds. The number of carboxylic acids is 1. The van der Waals surface area contributed by atoms with Crippen molar-refractivity contribution in [1.29, 1.82) is 0 Å². The standard InChI is InChI=1S/C20H34.C14H11NO2.C13H18O3.C6H12O2.C5H10O2/c1-5-9-13-16-20(7-3,8-4)17-18(6-2)19-14-11-10-12-15-19;1-2-15-13(16)10-7-3-5-9-6-4-8-11(12(9)10)14(15)17;1-13(2,3)12(14)16-10-9-15-11-7-5-4-6-8-11;1-6(2,3)5(7)8-4;1-5(2,3)4(6)7/h10-12,14-15,18H,5-9,13,16-17H2,1-4H3;3-8H,2H2,1H3;4-8H,9-10H2,1-3H3;1-4H3;1-3H3,(H,6,7). The van der Waals surface area contributed by atoms with E-state index in [9.17, 15) is 24.0 Å². The van der Waals surface area contributed by atoms with Crippen LogP contribution in [0.15, 0.2) is 97.1 Å². The molecule has 1 heterocycles. The number of methoxy groups -OCH3 is 1. The lowest BCUT2D eigenvalue weighted by atomic mass is 9.70. The Labute approximate surface area is 409 Å². The van der Waals surface area contributed by atoms with Crippen LogP contribution in [-0.4, -0.2) is 66.6 Å². The highest BCUT2D eigenvalue weighted by atomic mass is 16.6. The van der Waals surface area contributed by atoms with E-state index >= 15 is 0 Å². The van der Waals surface area contributed by atoms with Gasteiger partial charge in [-0.3, -0.25) is 28.9 Å². The van der Waals surface area contributed by atoms with Gasteiger partial charge in [0.2, 0.25) is 0 Å². The van der Waals surface area contributed by atoms with E-state index in [1.807, 2.05) is 103 Å².